The minimum absolute atomic E-state index is 0.0789. The number of halogens is 1. The second-order valence-electron chi connectivity index (χ2n) is 8.18. The first-order chi connectivity index (χ1) is 15.5. The first-order valence-electron chi connectivity index (χ1n) is 10.9. The van der Waals surface area contributed by atoms with Crippen LogP contribution >= 0.6 is 11.6 Å². The van der Waals surface area contributed by atoms with Crippen molar-refractivity contribution in [3.63, 3.8) is 0 Å². The summed E-state index contributed by atoms with van der Waals surface area (Å²) >= 11 is 6.09. The van der Waals surface area contributed by atoms with E-state index in [-0.39, 0.29) is 24.3 Å². The first kappa shape index (κ1) is 22.3. The molecular formula is C24H27ClN4O3. The molecule has 2 aromatic rings. The Morgan fingerprint density at radius 3 is 2.31 bits per heavy atom. The Labute approximate surface area is 192 Å². The number of piperazine rings is 1. The number of rotatable bonds is 6. The van der Waals surface area contributed by atoms with Gasteiger partial charge in [-0.05, 0) is 36.2 Å². The third-order valence-corrected chi connectivity index (χ3v) is 6.25. The molecule has 2 heterocycles. The van der Waals surface area contributed by atoms with E-state index in [4.69, 9.17) is 11.6 Å². The predicted octanol–water partition coefficient (Wildman–Crippen LogP) is 2.79. The van der Waals surface area contributed by atoms with Gasteiger partial charge in [0.15, 0.2) is 0 Å². The van der Waals surface area contributed by atoms with Crippen molar-refractivity contribution in [2.24, 2.45) is 0 Å². The fourth-order valence-electron chi connectivity index (χ4n) is 4.11. The molecule has 0 aliphatic carbocycles. The fourth-order valence-corrected chi connectivity index (χ4v) is 4.30. The van der Waals surface area contributed by atoms with Gasteiger partial charge in [-0.25, -0.2) is 0 Å². The molecular weight excluding hydrogens is 428 g/mol. The minimum atomic E-state index is -0.116. The van der Waals surface area contributed by atoms with Crippen molar-refractivity contribution < 1.29 is 14.4 Å². The molecule has 0 saturated carbocycles. The Morgan fingerprint density at radius 1 is 0.938 bits per heavy atom. The number of nitrogens with one attached hydrogen (secondary N) is 1. The molecule has 8 heteroatoms. The summed E-state index contributed by atoms with van der Waals surface area (Å²) in [6.07, 6.45) is 1.84. The molecule has 0 radical (unpaired) electrons. The number of hydrogen-bond donors (Lipinski definition) is 1. The zero-order chi connectivity index (χ0) is 22.5. The van der Waals surface area contributed by atoms with Gasteiger partial charge in [-0.3, -0.25) is 19.3 Å². The highest BCUT2D eigenvalue weighted by atomic mass is 35.5. The molecule has 0 unspecified atom stereocenters. The van der Waals surface area contributed by atoms with Crippen molar-refractivity contribution >= 4 is 40.7 Å². The van der Waals surface area contributed by atoms with Crippen LogP contribution in [0.1, 0.15) is 18.4 Å². The molecule has 0 bridgehead atoms. The summed E-state index contributed by atoms with van der Waals surface area (Å²) < 4.78 is 0. The Bertz CT molecular complexity index is 987. The summed E-state index contributed by atoms with van der Waals surface area (Å²) in [4.78, 5) is 42.6. The lowest BCUT2D eigenvalue weighted by Gasteiger charge is -2.34. The van der Waals surface area contributed by atoms with Crippen molar-refractivity contribution in [1.29, 1.82) is 0 Å². The standard InChI is InChI=1S/C24H27ClN4O3/c25-20-4-1-2-5-21(20)26-22(30)17-27-12-14-28(15-13-27)24(32)16-18-7-9-19(10-8-18)29-11-3-6-23(29)31/h1-2,4-5,7-10H,3,6,11-17H2,(H,26,30). The SMILES string of the molecule is O=C(CN1CCN(C(=O)Cc2ccc(N3CCCC3=O)cc2)CC1)Nc1ccccc1Cl. The Kier molecular flexibility index (Phi) is 7.07. The van der Waals surface area contributed by atoms with Gasteiger partial charge in [0.05, 0.1) is 23.7 Å². The molecule has 3 amide bonds. The second-order valence-corrected chi connectivity index (χ2v) is 8.58. The molecule has 0 atom stereocenters. The van der Waals surface area contributed by atoms with Gasteiger partial charge < -0.3 is 15.1 Å². The van der Waals surface area contributed by atoms with Crippen LogP contribution in [0.4, 0.5) is 11.4 Å². The maximum Gasteiger partial charge on any atom is 0.238 e. The average molecular weight is 455 g/mol. The van der Waals surface area contributed by atoms with E-state index in [1.54, 1.807) is 17.0 Å². The summed E-state index contributed by atoms with van der Waals surface area (Å²) in [6, 6.07) is 14.8. The van der Waals surface area contributed by atoms with E-state index in [0.29, 0.717) is 49.7 Å². The summed E-state index contributed by atoms with van der Waals surface area (Å²) in [5.74, 6) is 0.122. The van der Waals surface area contributed by atoms with Gasteiger partial charge in [-0.15, -0.1) is 0 Å². The van der Waals surface area contributed by atoms with Crippen LogP contribution in [0.25, 0.3) is 0 Å². The van der Waals surface area contributed by atoms with E-state index in [1.807, 2.05) is 46.2 Å². The summed E-state index contributed by atoms with van der Waals surface area (Å²) in [7, 11) is 0. The number of amides is 3. The maximum absolute atomic E-state index is 12.7. The zero-order valence-electron chi connectivity index (χ0n) is 17.9. The van der Waals surface area contributed by atoms with Crippen molar-refractivity contribution in [3.05, 3.63) is 59.1 Å². The molecule has 2 saturated heterocycles. The number of para-hydroxylation sites is 1. The van der Waals surface area contributed by atoms with Crippen LogP contribution in [-0.2, 0) is 20.8 Å². The Morgan fingerprint density at radius 2 is 1.66 bits per heavy atom. The quantitative estimate of drug-likeness (QED) is 0.728. The van der Waals surface area contributed by atoms with Crippen LogP contribution in [0.5, 0.6) is 0 Å². The third kappa shape index (κ3) is 5.47. The van der Waals surface area contributed by atoms with Gasteiger partial charge in [0.2, 0.25) is 17.7 Å². The van der Waals surface area contributed by atoms with E-state index in [1.165, 1.54) is 0 Å². The van der Waals surface area contributed by atoms with Crippen LogP contribution in [0, 0.1) is 0 Å². The smallest absolute Gasteiger partial charge is 0.238 e. The van der Waals surface area contributed by atoms with Gasteiger partial charge in [0.1, 0.15) is 0 Å². The normalized spacial score (nSPS) is 17.0. The van der Waals surface area contributed by atoms with Crippen LogP contribution in [0.2, 0.25) is 5.02 Å². The van der Waals surface area contributed by atoms with Crippen molar-refractivity contribution in [2.75, 3.05) is 49.5 Å². The number of anilines is 2. The molecule has 0 aromatic heterocycles. The Hall–Kier alpha value is -2.90. The lowest BCUT2D eigenvalue weighted by Crippen LogP contribution is -2.50. The highest BCUT2D eigenvalue weighted by molar-refractivity contribution is 6.33. The molecule has 4 rings (SSSR count). The minimum Gasteiger partial charge on any atom is -0.340 e. The molecule has 168 valence electrons. The second kappa shape index (κ2) is 10.1. The van der Waals surface area contributed by atoms with Crippen molar-refractivity contribution in [1.82, 2.24) is 9.80 Å². The van der Waals surface area contributed by atoms with E-state index in [0.717, 1.165) is 24.2 Å². The molecule has 32 heavy (non-hydrogen) atoms. The number of hydrogen-bond acceptors (Lipinski definition) is 4. The van der Waals surface area contributed by atoms with E-state index >= 15 is 0 Å². The molecule has 2 aliphatic rings. The monoisotopic (exact) mass is 454 g/mol. The Balaban J connectivity index is 1.22. The molecule has 7 nitrogen and oxygen atoms in total. The third-order valence-electron chi connectivity index (χ3n) is 5.92. The largest absolute Gasteiger partial charge is 0.340 e. The lowest BCUT2D eigenvalue weighted by molar-refractivity contribution is -0.132. The van der Waals surface area contributed by atoms with Crippen molar-refractivity contribution in [2.45, 2.75) is 19.3 Å². The molecule has 2 fully saturated rings. The van der Waals surface area contributed by atoms with Gasteiger partial charge >= 0.3 is 0 Å². The fraction of sp³-hybridized carbons (Fsp3) is 0.375. The number of carbonyl (C=O) groups excluding carboxylic acids is 3. The van der Waals surface area contributed by atoms with Crippen LogP contribution in [0.15, 0.2) is 48.5 Å². The maximum atomic E-state index is 12.7. The van der Waals surface area contributed by atoms with Crippen LogP contribution in [0.3, 0.4) is 0 Å². The molecule has 0 spiro atoms. The van der Waals surface area contributed by atoms with E-state index < -0.39 is 0 Å². The van der Waals surface area contributed by atoms with Crippen molar-refractivity contribution in [3.8, 4) is 0 Å². The van der Waals surface area contributed by atoms with Gasteiger partial charge in [-0.2, -0.15) is 0 Å². The predicted molar refractivity (Wildman–Crippen MR) is 125 cm³/mol. The van der Waals surface area contributed by atoms with Gasteiger partial charge in [0, 0.05) is 44.8 Å². The zero-order valence-corrected chi connectivity index (χ0v) is 18.7. The number of carbonyl (C=O) groups is 3. The number of nitrogens with zero attached hydrogens (tertiary/aromatic N) is 3. The molecule has 2 aromatic carbocycles. The van der Waals surface area contributed by atoms with E-state index in [9.17, 15) is 14.4 Å². The summed E-state index contributed by atoms with van der Waals surface area (Å²) in [6.45, 7) is 3.52. The average Bonchev–Trinajstić information content (AvgIpc) is 3.22. The van der Waals surface area contributed by atoms with Gasteiger partial charge in [0.25, 0.3) is 0 Å². The van der Waals surface area contributed by atoms with Gasteiger partial charge in [-0.1, -0.05) is 35.9 Å². The first-order valence-corrected chi connectivity index (χ1v) is 11.3. The van der Waals surface area contributed by atoms with Crippen LogP contribution < -0.4 is 10.2 Å². The number of benzene rings is 2. The topological polar surface area (TPSA) is 73.0 Å². The summed E-state index contributed by atoms with van der Waals surface area (Å²) in [5, 5.41) is 3.34. The van der Waals surface area contributed by atoms with Crippen LogP contribution in [-0.4, -0.2) is 66.8 Å². The molecule has 1 N–H and O–H groups in total. The molecule has 2 aliphatic heterocycles. The highest BCUT2D eigenvalue weighted by Crippen LogP contribution is 2.22. The van der Waals surface area contributed by atoms with E-state index in [2.05, 4.69) is 5.32 Å². The lowest BCUT2D eigenvalue weighted by atomic mass is 10.1. The summed E-state index contributed by atoms with van der Waals surface area (Å²) in [5.41, 5.74) is 2.44. The highest BCUT2D eigenvalue weighted by Gasteiger charge is 2.24.